The Morgan fingerprint density at radius 2 is 2.20 bits per heavy atom. The van der Waals surface area contributed by atoms with Gasteiger partial charge in [0.1, 0.15) is 0 Å². The highest BCUT2D eigenvalue weighted by atomic mass is 35.5. The molecule has 0 spiro atoms. The second-order valence-corrected chi connectivity index (χ2v) is 7.15. The molecule has 0 aliphatic rings. The molecule has 0 atom stereocenters. The summed E-state index contributed by atoms with van der Waals surface area (Å²) < 4.78 is 2.00. The summed E-state index contributed by atoms with van der Waals surface area (Å²) >= 11 is 9.01. The number of nitrogens with zero attached hydrogens (tertiary/aromatic N) is 1. The molecule has 1 N–H and O–H groups in total. The largest absolute Gasteiger partial charge is 0.353 e. The monoisotopic (exact) mass is 328 g/mol. The molecule has 2 aromatic rings. The normalized spacial score (nSPS) is 11.2. The van der Waals surface area contributed by atoms with E-state index < -0.39 is 0 Å². The maximum atomic E-state index is 11.8. The topological polar surface area (TPSA) is 42.0 Å². The third kappa shape index (κ3) is 4.11. The Morgan fingerprint density at radius 1 is 1.45 bits per heavy atom. The van der Waals surface area contributed by atoms with Gasteiger partial charge in [0.2, 0.25) is 5.91 Å². The number of thiazole rings is 1. The number of amides is 1. The zero-order chi connectivity index (χ0) is 14.5. The first-order valence-electron chi connectivity index (χ1n) is 6.60. The van der Waals surface area contributed by atoms with Crippen molar-refractivity contribution in [3.05, 3.63) is 23.2 Å². The molecule has 20 heavy (non-hydrogen) atoms. The molecule has 2 rings (SSSR count). The molecule has 1 heterocycles. The third-order valence-electron chi connectivity index (χ3n) is 3.01. The molecule has 0 unspecified atom stereocenters. The molecule has 1 amide bonds. The van der Waals surface area contributed by atoms with Crippen LogP contribution in [0.2, 0.25) is 5.02 Å². The Labute approximate surface area is 132 Å². The van der Waals surface area contributed by atoms with Crippen molar-refractivity contribution in [3.63, 3.8) is 0 Å². The number of fused-ring (bicyclic) bond motifs is 1. The molecule has 0 saturated carbocycles. The van der Waals surface area contributed by atoms with Gasteiger partial charge >= 0.3 is 0 Å². The number of nitrogens with one attached hydrogen (secondary N) is 1. The minimum atomic E-state index is 0.0704. The number of hydrogen-bond acceptors (Lipinski definition) is 4. The lowest BCUT2D eigenvalue weighted by molar-refractivity contribution is -0.119. The van der Waals surface area contributed by atoms with E-state index in [1.165, 1.54) is 11.8 Å². The molecular formula is C14H17ClN2OS2. The van der Waals surface area contributed by atoms with Gasteiger partial charge in [-0.3, -0.25) is 4.79 Å². The average molecular weight is 329 g/mol. The van der Waals surface area contributed by atoms with Crippen LogP contribution in [-0.4, -0.2) is 22.7 Å². The quantitative estimate of drug-likeness (QED) is 0.802. The van der Waals surface area contributed by atoms with Crippen molar-refractivity contribution in [2.45, 2.75) is 37.1 Å². The van der Waals surface area contributed by atoms with Gasteiger partial charge in [-0.2, -0.15) is 0 Å². The van der Waals surface area contributed by atoms with Crippen LogP contribution in [0.5, 0.6) is 0 Å². The first kappa shape index (κ1) is 15.6. The van der Waals surface area contributed by atoms with Crippen molar-refractivity contribution in [1.29, 1.82) is 0 Å². The number of rotatable bonds is 6. The van der Waals surface area contributed by atoms with Gasteiger partial charge in [0.25, 0.3) is 0 Å². The van der Waals surface area contributed by atoms with E-state index in [0.29, 0.717) is 10.8 Å². The highest BCUT2D eigenvalue weighted by molar-refractivity contribution is 8.01. The lowest BCUT2D eigenvalue weighted by Crippen LogP contribution is -2.34. The molecule has 1 aromatic heterocycles. The van der Waals surface area contributed by atoms with E-state index in [2.05, 4.69) is 24.1 Å². The van der Waals surface area contributed by atoms with Gasteiger partial charge in [-0.1, -0.05) is 37.2 Å². The van der Waals surface area contributed by atoms with Crippen LogP contribution in [0.3, 0.4) is 0 Å². The van der Waals surface area contributed by atoms with E-state index in [1.54, 1.807) is 11.3 Å². The number of halogens is 1. The Kier molecular flexibility index (Phi) is 5.69. The van der Waals surface area contributed by atoms with Gasteiger partial charge in [0.05, 0.1) is 16.0 Å². The highest BCUT2D eigenvalue weighted by Gasteiger charge is 2.11. The molecule has 1 aromatic carbocycles. The van der Waals surface area contributed by atoms with Gasteiger partial charge in [0.15, 0.2) is 4.34 Å². The van der Waals surface area contributed by atoms with Gasteiger partial charge < -0.3 is 5.32 Å². The predicted octanol–water partition coefficient (Wildman–Crippen LogP) is 4.35. The van der Waals surface area contributed by atoms with Crippen LogP contribution >= 0.6 is 34.7 Å². The van der Waals surface area contributed by atoms with Crippen LogP contribution in [0, 0.1) is 0 Å². The summed E-state index contributed by atoms with van der Waals surface area (Å²) in [6.07, 6.45) is 1.93. The van der Waals surface area contributed by atoms with E-state index in [4.69, 9.17) is 11.6 Å². The van der Waals surface area contributed by atoms with Crippen molar-refractivity contribution in [2.75, 3.05) is 5.75 Å². The van der Waals surface area contributed by atoms with Crippen molar-refractivity contribution in [3.8, 4) is 0 Å². The van der Waals surface area contributed by atoms with Crippen LogP contribution in [0.1, 0.15) is 26.7 Å². The van der Waals surface area contributed by atoms with E-state index in [9.17, 15) is 4.79 Å². The molecule has 3 nitrogen and oxygen atoms in total. The van der Waals surface area contributed by atoms with Crippen molar-refractivity contribution >= 4 is 50.8 Å². The smallest absolute Gasteiger partial charge is 0.230 e. The van der Waals surface area contributed by atoms with Gasteiger partial charge in [-0.25, -0.2) is 4.98 Å². The number of hydrogen-bond donors (Lipinski definition) is 1. The fourth-order valence-electron chi connectivity index (χ4n) is 1.83. The fraction of sp³-hybridized carbons (Fsp3) is 0.429. The Balaban J connectivity index is 1.93. The third-order valence-corrected chi connectivity index (χ3v) is 5.42. The number of carbonyl (C=O) groups is 1. The highest BCUT2D eigenvalue weighted by Crippen LogP contribution is 2.30. The van der Waals surface area contributed by atoms with E-state index >= 15 is 0 Å². The molecular weight excluding hydrogens is 312 g/mol. The Bertz CT molecular complexity index is 596. The van der Waals surface area contributed by atoms with E-state index in [-0.39, 0.29) is 11.9 Å². The van der Waals surface area contributed by atoms with Crippen molar-refractivity contribution in [1.82, 2.24) is 10.3 Å². The van der Waals surface area contributed by atoms with Crippen LogP contribution in [-0.2, 0) is 4.79 Å². The molecule has 0 fully saturated rings. The number of benzene rings is 1. The van der Waals surface area contributed by atoms with Crippen LogP contribution < -0.4 is 5.32 Å². The van der Waals surface area contributed by atoms with Gasteiger partial charge in [-0.05, 0) is 31.0 Å². The summed E-state index contributed by atoms with van der Waals surface area (Å²) in [5.41, 5.74) is 0.894. The van der Waals surface area contributed by atoms with Crippen LogP contribution in [0.4, 0.5) is 0 Å². The molecule has 108 valence electrons. The molecule has 0 bridgehead atoms. The summed E-state index contributed by atoms with van der Waals surface area (Å²) in [6, 6.07) is 5.94. The number of aromatic nitrogens is 1. The summed E-state index contributed by atoms with van der Waals surface area (Å²) in [4.78, 5) is 16.3. The van der Waals surface area contributed by atoms with Gasteiger partial charge in [-0.15, -0.1) is 11.3 Å². The zero-order valence-corrected chi connectivity index (χ0v) is 13.9. The lowest BCUT2D eigenvalue weighted by Gasteiger charge is -2.13. The molecule has 0 saturated heterocycles. The van der Waals surface area contributed by atoms with Crippen molar-refractivity contribution in [2.24, 2.45) is 0 Å². The SMILES string of the molecule is CCC(CC)NC(=O)CSc1nc2cc(Cl)ccc2s1. The second-order valence-electron chi connectivity index (χ2n) is 4.46. The van der Waals surface area contributed by atoms with E-state index in [1.807, 2.05) is 18.2 Å². The number of thioether (sulfide) groups is 1. The molecule has 0 radical (unpaired) electrons. The van der Waals surface area contributed by atoms with Crippen molar-refractivity contribution < 1.29 is 4.79 Å². The summed E-state index contributed by atoms with van der Waals surface area (Å²) in [6.45, 7) is 4.16. The van der Waals surface area contributed by atoms with Crippen LogP contribution in [0.15, 0.2) is 22.5 Å². The number of carbonyl (C=O) groups excluding carboxylic acids is 1. The maximum Gasteiger partial charge on any atom is 0.230 e. The minimum Gasteiger partial charge on any atom is -0.353 e. The molecule has 0 aliphatic heterocycles. The standard InChI is InChI=1S/C14H17ClN2OS2/c1-3-10(4-2)16-13(18)8-19-14-17-11-7-9(15)5-6-12(11)20-14/h5-7,10H,3-4,8H2,1-2H3,(H,16,18). The average Bonchev–Trinajstić information content (AvgIpc) is 2.84. The fourth-order valence-corrected chi connectivity index (χ4v) is 3.86. The Hall–Kier alpha value is -0.780. The summed E-state index contributed by atoms with van der Waals surface area (Å²) in [5, 5.41) is 3.71. The minimum absolute atomic E-state index is 0.0704. The first-order valence-corrected chi connectivity index (χ1v) is 8.78. The lowest BCUT2D eigenvalue weighted by atomic mass is 10.2. The molecule has 6 heteroatoms. The van der Waals surface area contributed by atoms with Crippen LogP contribution in [0.25, 0.3) is 10.2 Å². The molecule has 0 aliphatic carbocycles. The first-order chi connectivity index (χ1) is 9.62. The summed E-state index contributed by atoms with van der Waals surface area (Å²) in [7, 11) is 0. The Morgan fingerprint density at radius 3 is 2.90 bits per heavy atom. The van der Waals surface area contributed by atoms with E-state index in [0.717, 1.165) is 27.4 Å². The summed E-state index contributed by atoms with van der Waals surface area (Å²) in [5.74, 6) is 0.477. The second kappa shape index (κ2) is 7.29. The maximum absolute atomic E-state index is 11.8. The zero-order valence-electron chi connectivity index (χ0n) is 11.5. The predicted molar refractivity (Wildman–Crippen MR) is 87.9 cm³/mol. The van der Waals surface area contributed by atoms with Gasteiger partial charge in [0, 0.05) is 11.1 Å².